The summed E-state index contributed by atoms with van der Waals surface area (Å²) >= 11 is 0. The number of nitrogens with zero attached hydrogens (tertiary/aromatic N) is 2. The van der Waals surface area contributed by atoms with Crippen LogP contribution in [0.2, 0.25) is 0 Å². The molecule has 0 spiro atoms. The van der Waals surface area contributed by atoms with E-state index in [4.69, 9.17) is 4.74 Å². The topological polar surface area (TPSA) is 102 Å². The first kappa shape index (κ1) is 15.3. The van der Waals surface area contributed by atoms with E-state index in [2.05, 4.69) is 15.1 Å². The van der Waals surface area contributed by atoms with Crippen LogP contribution in [0.3, 0.4) is 0 Å². The van der Waals surface area contributed by atoms with Gasteiger partial charge >= 0.3 is 0 Å². The smallest absolute Gasteiger partial charge is 0.262 e. The molecule has 0 aliphatic carbocycles. The van der Waals surface area contributed by atoms with E-state index in [1.54, 1.807) is 25.6 Å². The van der Waals surface area contributed by atoms with E-state index in [0.29, 0.717) is 28.5 Å². The number of hydrogen-bond acceptors (Lipinski definition) is 5. The van der Waals surface area contributed by atoms with Gasteiger partial charge in [-0.1, -0.05) is 0 Å². The molecule has 0 fully saturated rings. The fraction of sp³-hybridized carbons (Fsp3) is 0.286. The van der Waals surface area contributed by atoms with Crippen LogP contribution in [-0.2, 0) is 21.9 Å². The Balaban J connectivity index is 1.97. The third-order valence-corrected chi connectivity index (χ3v) is 4.99. The standard InChI is InChI=1S/C14H16N4O4S/c1-8-14(9(2)18(3)16-8)17-23(20,21)10-4-5-12-11(6-10)15-13(19)7-22-12/h4-6,17H,7H2,1-3H3,(H,15,19). The molecule has 1 aromatic carbocycles. The van der Waals surface area contributed by atoms with Gasteiger partial charge in [0, 0.05) is 7.05 Å². The number of carbonyl (C=O) groups excluding carboxylic acids is 1. The molecule has 2 aromatic rings. The highest BCUT2D eigenvalue weighted by molar-refractivity contribution is 7.92. The third kappa shape index (κ3) is 2.74. The minimum Gasteiger partial charge on any atom is -0.482 e. The molecule has 1 aromatic heterocycles. The molecule has 122 valence electrons. The number of carbonyl (C=O) groups is 1. The van der Waals surface area contributed by atoms with Gasteiger partial charge in [-0.25, -0.2) is 8.42 Å². The van der Waals surface area contributed by atoms with Crippen molar-refractivity contribution in [3.63, 3.8) is 0 Å². The minimum absolute atomic E-state index is 0.0321. The number of fused-ring (bicyclic) bond motifs is 1. The summed E-state index contributed by atoms with van der Waals surface area (Å²) in [5, 5.41) is 6.77. The predicted molar refractivity (Wildman–Crippen MR) is 84.1 cm³/mol. The SMILES string of the molecule is Cc1nn(C)c(C)c1NS(=O)(=O)c1ccc2c(c1)NC(=O)CO2. The van der Waals surface area contributed by atoms with E-state index in [1.165, 1.54) is 18.2 Å². The number of aromatic nitrogens is 2. The molecular weight excluding hydrogens is 320 g/mol. The summed E-state index contributed by atoms with van der Waals surface area (Å²) < 4.78 is 34.5. The highest BCUT2D eigenvalue weighted by atomic mass is 32.2. The maximum Gasteiger partial charge on any atom is 0.262 e. The Morgan fingerprint density at radius 1 is 1.35 bits per heavy atom. The van der Waals surface area contributed by atoms with Crippen LogP contribution in [0.5, 0.6) is 5.75 Å². The number of benzene rings is 1. The molecule has 0 saturated heterocycles. The van der Waals surface area contributed by atoms with Gasteiger partial charge in [0.1, 0.15) is 5.75 Å². The lowest BCUT2D eigenvalue weighted by atomic mass is 10.2. The van der Waals surface area contributed by atoms with Gasteiger partial charge < -0.3 is 10.1 Å². The van der Waals surface area contributed by atoms with Crippen LogP contribution in [0.4, 0.5) is 11.4 Å². The Hall–Kier alpha value is -2.55. The summed E-state index contributed by atoms with van der Waals surface area (Å²) in [6.45, 7) is 3.43. The zero-order valence-corrected chi connectivity index (χ0v) is 13.7. The van der Waals surface area contributed by atoms with Crippen LogP contribution >= 0.6 is 0 Å². The molecule has 9 heteroatoms. The number of nitrogens with one attached hydrogen (secondary N) is 2. The number of aryl methyl sites for hydroxylation is 2. The Labute approximate surface area is 133 Å². The van der Waals surface area contributed by atoms with Gasteiger partial charge in [0.05, 0.1) is 27.7 Å². The highest BCUT2D eigenvalue weighted by Crippen LogP contribution is 2.31. The molecule has 1 amide bonds. The zero-order valence-electron chi connectivity index (χ0n) is 12.9. The second-order valence-electron chi connectivity index (χ2n) is 5.27. The van der Waals surface area contributed by atoms with Crippen LogP contribution in [-0.4, -0.2) is 30.7 Å². The van der Waals surface area contributed by atoms with Gasteiger partial charge in [-0.3, -0.25) is 14.2 Å². The van der Waals surface area contributed by atoms with Crippen molar-refractivity contribution in [3.8, 4) is 5.75 Å². The van der Waals surface area contributed by atoms with Crippen molar-refractivity contribution in [3.05, 3.63) is 29.6 Å². The third-order valence-electron chi connectivity index (χ3n) is 3.64. The molecule has 0 unspecified atom stereocenters. The molecule has 2 N–H and O–H groups in total. The van der Waals surface area contributed by atoms with Crippen molar-refractivity contribution in [2.45, 2.75) is 18.7 Å². The van der Waals surface area contributed by atoms with E-state index >= 15 is 0 Å². The molecule has 0 saturated carbocycles. The molecule has 0 atom stereocenters. The number of sulfonamides is 1. The summed E-state index contributed by atoms with van der Waals surface area (Å²) in [4.78, 5) is 11.4. The molecule has 0 bridgehead atoms. The van der Waals surface area contributed by atoms with Gasteiger partial charge in [-0.05, 0) is 32.0 Å². The molecule has 8 nitrogen and oxygen atoms in total. The summed E-state index contributed by atoms with van der Waals surface area (Å²) in [6, 6.07) is 4.32. The largest absolute Gasteiger partial charge is 0.482 e. The molecule has 1 aliphatic heterocycles. The van der Waals surface area contributed by atoms with E-state index < -0.39 is 10.0 Å². The maximum atomic E-state index is 12.6. The zero-order chi connectivity index (χ0) is 16.8. The first-order chi connectivity index (χ1) is 10.8. The summed E-state index contributed by atoms with van der Waals surface area (Å²) in [7, 11) is -2.06. The van der Waals surface area contributed by atoms with Crippen molar-refractivity contribution in [2.24, 2.45) is 7.05 Å². The fourth-order valence-electron chi connectivity index (χ4n) is 2.34. The van der Waals surface area contributed by atoms with Crippen LogP contribution in [0.25, 0.3) is 0 Å². The van der Waals surface area contributed by atoms with Crippen molar-refractivity contribution in [2.75, 3.05) is 16.6 Å². The Morgan fingerprint density at radius 2 is 2.09 bits per heavy atom. The number of amides is 1. The molecule has 1 aliphatic rings. The fourth-order valence-corrected chi connectivity index (χ4v) is 3.55. The normalized spacial score (nSPS) is 14.0. The molecule has 3 rings (SSSR count). The summed E-state index contributed by atoms with van der Waals surface area (Å²) in [5.41, 5.74) is 2.08. The van der Waals surface area contributed by atoms with Gasteiger partial charge in [-0.15, -0.1) is 0 Å². The monoisotopic (exact) mass is 336 g/mol. The average Bonchev–Trinajstić information content (AvgIpc) is 2.72. The second-order valence-corrected chi connectivity index (χ2v) is 6.95. The van der Waals surface area contributed by atoms with Gasteiger partial charge in [-0.2, -0.15) is 5.10 Å². The Kier molecular flexibility index (Phi) is 3.52. The van der Waals surface area contributed by atoms with E-state index in [0.717, 1.165) is 0 Å². The van der Waals surface area contributed by atoms with Crippen molar-refractivity contribution in [1.29, 1.82) is 0 Å². The highest BCUT2D eigenvalue weighted by Gasteiger charge is 2.23. The molecule has 23 heavy (non-hydrogen) atoms. The van der Waals surface area contributed by atoms with E-state index in [1.807, 2.05) is 0 Å². The van der Waals surface area contributed by atoms with E-state index in [9.17, 15) is 13.2 Å². The summed E-state index contributed by atoms with van der Waals surface area (Å²) in [6.07, 6.45) is 0. The number of ether oxygens (including phenoxy) is 1. The van der Waals surface area contributed by atoms with Crippen LogP contribution in [0.15, 0.2) is 23.1 Å². The number of hydrogen-bond donors (Lipinski definition) is 2. The number of anilines is 2. The second kappa shape index (κ2) is 5.27. The van der Waals surface area contributed by atoms with Gasteiger partial charge in [0.2, 0.25) is 0 Å². The van der Waals surface area contributed by atoms with Crippen molar-refractivity contribution >= 4 is 27.3 Å². The Bertz CT molecular complexity index is 902. The lowest BCUT2D eigenvalue weighted by Gasteiger charge is -2.18. The van der Waals surface area contributed by atoms with Gasteiger partial charge in [0.25, 0.3) is 15.9 Å². The molecular formula is C14H16N4O4S. The van der Waals surface area contributed by atoms with Crippen molar-refractivity contribution in [1.82, 2.24) is 9.78 Å². The first-order valence-corrected chi connectivity index (χ1v) is 8.36. The van der Waals surface area contributed by atoms with E-state index in [-0.39, 0.29) is 17.4 Å². The Morgan fingerprint density at radius 3 is 2.74 bits per heavy atom. The van der Waals surface area contributed by atoms with Crippen LogP contribution in [0, 0.1) is 13.8 Å². The van der Waals surface area contributed by atoms with Crippen LogP contribution in [0.1, 0.15) is 11.4 Å². The molecule has 2 heterocycles. The van der Waals surface area contributed by atoms with Crippen molar-refractivity contribution < 1.29 is 17.9 Å². The maximum absolute atomic E-state index is 12.6. The quantitative estimate of drug-likeness (QED) is 0.876. The molecule has 0 radical (unpaired) electrons. The lowest BCUT2D eigenvalue weighted by Crippen LogP contribution is -2.25. The van der Waals surface area contributed by atoms with Crippen LogP contribution < -0.4 is 14.8 Å². The lowest BCUT2D eigenvalue weighted by molar-refractivity contribution is -0.118. The minimum atomic E-state index is -3.81. The van der Waals surface area contributed by atoms with Gasteiger partial charge in [0.15, 0.2) is 6.61 Å². The average molecular weight is 336 g/mol. The first-order valence-electron chi connectivity index (χ1n) is 6.87. The summed E-state index contributed by atoms with van der Waals surface area (Å²) in [5.74, 6) is 0.122. The number of rotatable bonds is 3. The predicted octanol–water partition coefficient (Wildman–Crippen LogP) is 1.17.